The molecule has 0 amide bonds. The van der Waals surface area contributed by atoms with Crippen LogP contribution in [-0.4, -0.2) is 52.0 Å². The van der Waals surface area contributed by atoms with Crippen LogP contribution in [0.25, 0.3) is 4.13 Å². The molecule has 1 aromatic rings. The molecule has 198 valence electrons. The molecule has 0 N–H and O–H groups in total. The number of sulfonamides is 2. The molecule has 0 fully saturated rings. The lowest BCUT2D eigenvalue weighted by Gasteiger charge is -2.39. The zero-order valence-corrected chi connectivity index (χ0v) is 20.6. The van der Waals surface area contributed by atoms with Gasteiger partial charge in [0.15, 0.2) is 20.0 Å². The molecule has 0 saturated heterocycles. The van der Waals surface area contributed by atoms with Gasteiger partial charge in [0.05, 0.1) is 19.6 Å². The summed E-state index contributed by atoms with van der Waals surface area (Å²) in [5.74, 6) is 0. The second-order valence-electron chi connectivity index (χ2n) is 7.50. The van der Waals surface area contributed by atoms with Gasteiger partial charge < -0.3 is 8.61 Å². The minimum absolute atomic E-state index is 0.778. The summed E-state index contributed by atoms with van der Waals surface area (Å²) in [6, 6.07) is 11.0. The highest BCUT2D eigenvalue weighted by Gasteiger charge is 2.46. The number of halogens is 6. The lowest BCUT2D eigenvalue weighted by molar-refractivity contribution is -0.941. The van der Waals surface area contributed by atoms with E-state index in [1.54, 1.807) is 0 Å². The van der Waals surface area contributed by atoms with Gasteiger partial charge in [-0.2, -0.15) is 26.3 Å². The first kappa shape index (κ1) is 32.4. The van der Waals surface area contributed by atoms with Gasteiger partial charge in [-0.1, -0.05) is 50.3 Å². The minimum atomic E-state index is -6.72. The van der Waals surface area contributed by atoms with Gasteiger partial charge in [-0.05, 0) is 19.3 Å². The SMILES string of the molecule is C=CCCC[N+](CCC)(CCC)Cc1ccccc1.O=S(=O)([N-]S(=O)(=O)C(F)(F)F)C(F)(F)F. The molecule has 0 aliphatic rings. The topological polar surface area (TPSA) is 82.4 Å². The van der Waals surface area contributed by atoms with Crippen LogP contribution in [0.15, 0.2) is 43.0 Å². The van der Waals surface area contributed by atoms with E-state index < -0.39 is 31.1 Å². The number of hydrogen-bond donors (Lipinski definition) is 0. The number of alkyl halides is 6. The largest absolute Gasteiger partial charge is 0.480 e. The Bertz CT molecular complexity index is 900. The Labute approximate surface area is 197 Å². The molecule has 1 aromatic carbocycles. The molecule has 0 aliphatic heterocycles. The quantitative estimate of drug-likeness (QED) is 0.144. The lowest BCUT2D eigenvalue weighted by atomic mass is 10.1. The number of benzene rings is 1. The first-order valence-corrected chi connectivity index (χ1v) is 13.2. The van der Waals surface area contributed by atoms with Crippen molar-refractivity contribution in [1.29, 1.82) is 0 Å². The van der Waals surface area contributed by atoms with Crippen molar-refractivity contribution >= 4 is 20.0 Å². The maximum atomic E-state index is 11.4. The van der Waals surface area contributed by atoms with Crippen molar-refractivity contribution in [2.75, 3.05) is 19.6 Å². The summed E-state index contributed by atoms with van der Waals surface area (Å²) in [5, 5.41) is 0. The van der Waals surface area contributed by atoms with E-state index in [-0.39, 0.29) is 0 Å². The van der Waals surface area contributed by atoms with E-state index in [1.807, 2.05) is 0 Å². The van der Waals surface area contributed by atoms with Crippen LogP contribution in [0, 0.1) is 0 Å². The van der Waals surface area contributed by atoms with E-state index in [0.717, 1.165) is 10.5 Å². The fraction of sp³-hybridized carbons (Fsp3) is 0.600. The van der Waals surface area contributed by atoms with Crippen molar-refractivity contribution in [2.24, 2.45) is 0 Å². The molecule has 0 aromatic heterocycles. The summed E-state index contributed by atoms with van der Waals surface area (Å²) >= 11 is 0. The van der Waals surface area contributed by atoms with Crippen molar-refractivity contribution in [3.8, 4) is 0 Å². The van der Waals surface area contributed by atoms with E-state index in [4.69, 9.17) is 0 Å². The van der Waals surface area contributed by atoms with E-state index in [9.17, 15) is 43.2 Å². The smallest absolute Gasteiger partial charge is 0.421 e. The fourth-order valence-electron chi connectivity index (χ4n) is 3.28. The Balaban J connectivity index is 0.000000661. The summed E-state index contributed by atoms with van der Waals surface area (Å²) in [4.78, 5) is 0. The number of hydrogen-bond acceptors (Lipinski definition) is 4. The zero-order chi connectivity index (χ0) is 26.7. The highest BCUT2D eigenvalue weighted by Crippen LogP contribution is 2.36. The monoisotopic (exact) mass is 540 g/mol. The highest BCUT2D eigenvalue weighted by atomic mass is 32.3. The predicted octanol–water partition coefficient (Wildman–Crippen LogP) is 5.85. The molecule has 0 unspecified atom stereocenters. The number of quaternary nitrogens is 1. The third kappa shape index (κ3) is 10.7. The second-order valence-corrected chi connectivity index (χ2v) is 10.9. The van der Waals surface area contributed by atoms with Gasteiger partial charge in [0.25, 0.3) is 0 Å². The first-order chi connectivity index (χ1) is 15.5. The Morgan fingerprint density at radius 3 is 1.65 bits per heavy atom. The molecule has 0 aliphatic carbocycles. The van der Waals surface area contributed by atoms with Crippen LogP contribution in [0.4, 0.5) is 26.3 Å². The predicted molar refractivity (Wildman–Crippen MR) is 118 cm³/mol. The van der Waals surface area contributed by atoms with Gasteiger partial charge in [-0.3, -0.25) is 0 Å². The first-order valence-electron chi connectivity index (χ1n) is 10.3. The average molecular weight is 541 g/mol. The molecular weight excluding hydrogens is 510 g/mol. The normalized spacial score (nSPS) is 13.2. The number of unbranched alkanes of at least 4 members (excludes halogenated alkanes) is 1. The third-order valence-electron chi connectivity index (χ3n) is 4.58. The number of rotatable bonds is 12. The summed E-state index contributed by atoms with van der Waals surface area (Å²) in [6.45, 7) is 13.5. The number of nitrogens with zero attached hydrogens (tertiary/aromatic N) is 2. The molecule has 0 spiro atoms. The molecule has 14 heteroatoms. The maximum Gasteiger partial charge on any atom is 0.480 e. The Hall–Kier alpha value is -1.64. The molecular formula is C20H30F6N2O4S2. The van der Waals surface area contributed by atoms with Crippen LogP contribution < -0.4 is 0 Å². The van der Waals surface area contributed by atoms with Gasteiger partial charge in [0, 0.05) is 12.0 Å². The molecule has 34 heavy (non-hydrogen) atoms. The van der Waals surface area contributed by atoms with Crippen molar-refractivity contribution in [2.45, 2.75) is 57.1 Å². The zero-order valence-electron chi connectivity index (χ0n) is 18.9. The molecule has 0 heterocycles. The molecule has 6 nitrogen and oxygen atoms in total. The molecule has 1 rings (SSSR count). The number of allylic oxidation sites excluding steroid dienone is 1. The van der Waals surface area contributed by atoms with E-state index in [2.05, 4.69) is 56.8 Å². The van der Waals surface area contributed by atoms with Crippen LogP contribution in [0.1, 0.15) is 45.1 Å². The fourth-order valence-corrected chi connectivity index (χ4v) is 4.99. The Kier molecular flexibility index (Phi) is 12.8. The van der Waals surface area contributed by atoms with Gasteiger partial charge in [-0.25, -0.2) is 16.8 Å². The maximum absolute atomic E-state index is 11.4. The standard InChI is InChI=1S/C18H30N.C2F6NO4S2/c1-4-7-11-16-19(14-5-2,15-6-3)17-18-12-9-8-10-13-18;3-1(4,5)14(10,11)9-15(12,13)2(6,7)8/h4,8-10,12-13H,1,5-7,11,14-17H2,2-3H3;/q+1;-1. The highest BCUT2D eigenvalue weighted by molar-refractivity contribution is 8.13. The van der Waals surface area contributed by atoms with Crippen molar-refractivity contribution in [3.63, 3.8) is 0 Å². The van der Waals surface area contributed by atoms with Crippen molar-refractivity contribution in [3.05, 3.63) is 52.7 Å². The molecule has 0 saturated carbocycles. The average Bonchev–Trinajstić information content (AvgIpc) is 2.67. The van der Waals surface area contributed by atoms with E-state index in [0.29, 0.717) is 0 Å². The van der Waals surface area contributed by atoms with Crippen molar-refractivity contribution < 1.29 is 47.7 Å². The minimum Gasteiger partial charge on any atom is -0.421 e. The molecule has 0 bridgehead atoms. The van der Waals surface area contributed by atoms with E-state index in [1.165, 1.54) is 55.5 Å². The Morgan fingerprint density at radius 1 is 0.853 bits per heavy atom. The van der Waals surface area contributed by atoms with Crippen molar-refractivity contribution in [1.82, 2.24) is 0 Å². The lowest BCUT2D eigenvalue weighted by Crippen LogP contribution is -2.49. The van der Waals surface area contributed by atoms with Crippen LogP contribution in [-0.2, 0) is 26.6 Å². The summed E-state index contributed by atoms with van der Waals surface area (Å²) in [5.41, 5.74) is -10.9. The second kappa shape index (κ2) is 13.4. The van der Waals surface area contributed by atoms with Crippen LogP contribution in [0.5, 0.6) is 0 Å². The van der Waals surface area contributed by atoms with Gasteiger partial charge in [0.1, 0.15) is 6.54 Å². The molecule has 0 radical (unpaired) electrons. The Morgan fingerprint density at radius 2 is 1.29 bits per heavy atom. The summed E-state index contributed by atoms with van der Waals surface area (Å²) < 4.78 is 110. The van der Waals surface area contributed by atoms with Gasteiger partial charge in [0.2, 0.25) is 0 Å². The van der Waals surface area contributed by atoms with Crippen LogP contribution in [0.2, 0.25) is 0 Å². The third-order valence-corrected chi connectivity index (χ3v) is 7.32. The van der Waals surface area contributed by atoms with Crippen LogP contribution in [0.3, 0.4) is 0 Å². The molecule has 0 atom stereocenters. The summed E-state index contributed by atoms with van der Waals surface area (Å²) in [6.07, 6.45) is 6.98. The summed E-state index contributed by atoms with van der Waals surface area (Å²) in [7, 11) is -13.4. The van der Waals surface area contributed by atoms with Gasteiger partial charge in [-0.15, -0.1) is 6.58 Å². The van der Waals surface area contributed by atoms with E-state index >= 15 is 0 Å². The van der Waals surface area contributed by atoms with Crippen LogP contribution >= 0.6 is 0 Å². The van der Waals surface area contributed by atoms with Gasteiger partial charge >= 0.3 is 11.0 Å².